The number of rotatable bonds is 0. The standard InChI is InChI=1S/C15H18N2O3.CH4/c1-9-6-7-11-10(8-9)12(13(18)17(11)5)16-14(19)20-15(2,3)4;/h6-8H,1-5H3;1H4/b16-12+;. The lowest BCUT2D eigenvalue weighted by atomic mass is 10.1. The highest BCUT2D eigenvalue weighted by Gasteiger charge is 2.32. The first-order chi connectivity index (χ1) is 9.19. The quantitative estimate of drug-likeness (QED) is 0.736. The maximum atomic E-state index is 12.2. The van der Waals surface area contributed by atoms with Crippen LogP contribution < -0.4 is 4.90 Å². The summed E-state index contributed by atoms with van der Waals surface area (Å²) in [4.78, 5) is 29.3. The van der Waals surface area contributed by atoms with Crippen LogP contribution in [0.2, 0.25) is 0 Å². The van der Waals surface area contributed by atoms with Crippen molar-refractivity contribution in [1.29, 1.82) is 0 Å². The zero-order valence-electron chi connectivity index (χ0n) is 12.4. The molecule has 2 amide bonds. The number of ether oxygens (including phenoxy) is 1. The van der Waals surface area contributed by atoms with Crippen molar-refractivity contribution in [3.8, 4) is 0 Å². The molecule has 0 saturated carbocycles. The molecule has 5 nitrogen and oxygen atoms in total. The second-order valence-electron chi connectivity index (χ2n) is 5.83. The highest BCUT2D eigenvalue weighted by molar-refractivity contribution is 6.55. The number of carbonyl (C=O) groups excluding carboxylic acids is 2. The van der Waals surface area contributed by atoms with E-state index < -0.39 is 11.7 Å². The van der Waals surface area contributed by atoms with Gasteiger partial charge in [-0.3, -0.25) is 4.79 Å². The van der Waals surface area contributed by atoms with Gasteiger partial charge in [-0.1, -0.05) is 19.1 Å². The monoisotopic (exact) mass is 290 g/mol. The van der Waals surface area contributed by atoms with Crippen LogP contribution in [0.3, 0.4) is 0 Å². The van der Waals surface area contributed by atoms with Crippen LogP contribution in [0.1, 0.15) is 39.3 Å². The van der Waals surface area contributed by atoms with E-state index in [0.29, 0.717) is 5.56 Å². The normalized spacial score (nSPS) is 15.8. The van der Waals surface area contributed by atoms with Gasteiger partial charge in [0.2, 0.25) is 0 Å². The summed E-state index contributed by atoms with van der Waals surface area (Å²) >= 11 is 0. The van der Waals surface area contributed by atoms with E-state index in [0.717, 1.165) is 11.3 Å². The van der Waals surface area contributed by atoms with E-state index in [9.17, 15) is 9.59 Å². The lowest BCUT2D eigenvalue weighted by molar-refractivity contribution is -0.112. The third kappa shape index (κ3) is 3.48. The van der Waals surface area contributed by atoms with Crippen molar-refractivity contribution in [1.82, 2.24) is 0 Å². The van der Waals surface area contributed by atoms with Crippen LogP contribution in [-0.2, 0) is 9.53 Å². The molecule has 0 aromatic heterocycles. The van der Waals surface area contributed by atoms with E-state index in [4.69, 9.17) is 4.74 Å². The number of amides is 2. The fourth-order valence-corrected chi connectivity index (χ4v) is 2.00. The maximum Gasteiger partial charge on any atom is 0.434 e. The molecule has 0 saturated heterocycles. The van der Waals surface area contributed by atoms with Crippen LogP contribution in [0.15, 0.2) is 23.2 Å². The maximum absolute atomic E-state index is 12.2. The number of aryl methyl sites for hydroxylation is 1. The van der Waals surface area contributed by atoms with Gasteiger partial charge in [0.25, 0.3) is 5.91 Å². The first-order valence-electron chi connectivity index (χ1n) is 6.40. The first kappa shape index (κ1) is 16.9. The van der Waals surface area contributed by atoms with E-state index >= 15 is 0 Å². The Balaban J connectivity index is 0.00000220. The summed E-state index contributed by atoms with van der Waals surface area (Å²) in [6, 6.07) is 5.61. The fourth-order valence-electron chi connectivity index (χ4n) is 2.00. The molecule has 1 aromatic carbocycles. The van der Waals surface area contributed by atoms with Gasteiger partial charge in [0, 0.05) is 12.6 Å². The molecule has 1 aliphatic rings. The van der Waals surface area contributed by atoms with E-state index in [2.05, 4.69) is 4.99 Å². The van der Waals surface area contributed by atoms with Gasteiger partial charge in [0.15, 0.2) is 0 Å². The van der Waals surface area contributed by atoms with E-state index in [-0.39, 0.29) is 19.0 Å². The van der Waals surface area contributed by atoms with Crippen molar-refractivity contribution in [3.05, 3.63) is 29.3 Å². The van der Waals surface area contributed by atoms with Crippen molar-refractivity contribution < 1.29 is 14.3 Å². The zero-order valence-corrected chi connectivity index (χ0v) is 12.4. The van der Waals surface area contributed by atoms with Crippen LogP contribution in [0.5, 0.6) is 0 Å². The Bertz CT molecular complexity index is 612. The van der Waals surface area contributed by atoms with Crippen LogP contribution >= 0.6 is 0 Å². The molecule has 2 rings (SSSR count). The number of fused-ring (bicyclic) bond motifs is 1. The Hall–Kier alpha value is -2.17. The average molecular weight is 290 g/mol. The third-order valence-corrected chi connectivity index (χ3v) is 2.87. The highest BCUT2D eigenvalue weighted by atomic mass is 16.6. The molecular weight excluding hydrogens is 268 g/mol. The van der Waals surface area contributed by atoms with Gasteiger partial charge < -0.3 is 9.64 Å². The number of hydrogen-bond acceptors (Lipinski definition) is 3. The predicted octanol–water partition coefficient (Wildman–Crippen LogP) is 3.33. The molecule has 1 aromatic rings. The van der Waals surface area contributed by atoms with Crippen LogP contribution in [0.25, 0.3) is 0 Å². The molecule has 0 unspecified atom stereocenters. The smallest absolute Gasteiger partial charge is 0.434 e. The first-order valence-corrected chi connectivity index (χ1v) is 6.40. The molecule has 0 N–H and O–H groups in total. The molecule has 1 aliphatic heterocycles. The number of nitrogens with zero attached hydrogens (tertiary/aromatic N) is 2. The Kier molecular flexibility index (Phi) is 4.56. The summed E-state index contributed by atoms with van der Waals surface area (Å²) in [6.45, 7) is 7.19. The van der Waals surface area contributed by atoms with Gasteiger partial charge in [-0.25, -0.2) is 4.79 Å². The van der Waals surface area contributed by atoms with E-state index in [1.54, 1.807) is 27.8 Å². The third-order valence-electron chi connectivity index (χ3n) is 2.87. The van der Waals surface area contributed by atoms with Gasteiger partial charge in [0.1, 0.15) is 11.3 Å². The molecule has 1 heterocycles. The number of benzene rings is 1. The Labute approximate surface area is 125 Å². The topological polar surface area (TPSA) is 59.0 Å². The number of aliphatic imine (C=N–C) groups is 1. The number of likely N-dealkylation sites (N-methyl/N-ethyl adjacent to an activating group) is 1. The van der Waals surface area contributed by atoms with Crippen molar-refractivity contribution in [3.63, 3.8) is 0 Å². The molecule has 0 radical (unpaired) electrons. The highest BCUT2D eigenvalue weighted by Crippen LogP contribution is 2.29. The molecule has 5 heteroatoms. The van der Waals surface area contributed by atoms with Crippen LogP contribution in [-0.4, -0.2) is 30.4 Å². The fraction of sp³-hybridized carbons (Fsp3) is 0.438. The zero-order chi connectivity index (χ0) is 15.1. The Morgan fingerprint density at radius 1 is 1.29 bits per heavy atom. The summed E-state index contributed by atoms with van der Waals surface area (Å²) in [5.41, 5.74) is 1.93. The summed E-state index contributed by atoms with van der Waals surface area (Å²) in [7, 11) is 1.66. The summed E-state index contributed by atoms with van der Waals surface area (Å²) < 4.78 is 5.13. The number of hydrogen-bond donors (Lipinski definition) is 0. The van der Waals surface area contributed by atoms with Gasteiger partial charge >= 0.3 is 6.09 Å². The lowest BCUT2D eigenvalue weighted by Gasteiger charge is -2.17. The van der Waals surface area contributed by atoms with Gasteiger partial charge in [-0.2, -0.15) is 4.99 Å². The SMILES string of the molecule is C.Cc1ccc2c(c1)/C(=N\C(=O)OC(C)(C)C)C(=O)N2C. The summed E-state index contributed by atoms with van der Waals surface area (Å²) in [5.74, 6) is -0.295. The number of carbonyl (C=O) groups is 2. The number of anilines is 1. The summed E-state index contributed by atoms with van der Waals surface area (Å²) in [6.07, 6.45) is -0.747. The molecule has 0 bridgehead atoms. The lowest BCUT2D eigenvalue weighted by Crippen LogP contribution is -2.27. The average Bonchev–Trinajstić information content (AvgIpc) is 2.52. The molecular formula is C16H22N2O3. The molecule has 0 fully saturated rings. The minimum absolute atomic E-state index is 0. The summed E-state index contributed by atoms with van der Waals surface area (Å²) in [5, 5.41) is 0. The van der Waals surface area contributed by atoms with Crippen LogP contribution in [0, 0.1) is 6.92 Å². The van der Waals surface area contributed by atoms with Crippen molar-refractivity contribution in [2.45, 2.75) is 40.7 Å². The molecule has 0 spiro atoms. The molecule has 21 heavy (non-hydrogen) atoms. The van der Waals surface area contributed by atoms with Gasteiger partial charge in [0.05, 0.1) is 5.69 Å². The van der Waals surface area contributed by atoms with Crippen molar-refractivity contribution in [2.24, 2.45) is 4.99 Å². The molecule has 0 aliphatic carbocycles. The van der Waals surface area contributed by atoms with E-state index in [1.807, 2.05) is 25.1 Å². The second kappa shape index (κ2) is 5.68. The largest absolute Gasteiger partial charge is 0.442 e. The van der Waals surface area contributed by atoms with Gasteiger partial charge in [-0.15, -0.1) is 0 Å². The molecule has 0 atom stereocenters. The molecule has 114 valence electrons. The Morgan fingerprint density at radius 3 is 2.48 bits per heavy atom. The minimum atomic E-state index is -0.747. The minimum Gasteiger partial charge on any atom is -0.442 e. The van der Waals surface area contributed by atoms with Crippen molar-refractivity contribution >= 4 is 23.4 Å². The Morgan fingerprint density at radius 2 is 1.90 bits per heavy atom. The predicted molar refractivity (Wildman–Crippen MR) is 84.1 cm³/mol. The van der Waals surface area contributed by atoms with Crippen molar-refractivity contribution in [2.75, 3.05) is 11.9 Å². The van der Waals surface area contributed by atoms with Gasteiger partial charge in [-0.05, 0) is 39.8 Å². The second-order valence-corrected chi connectivity index (χ2v) is 5.83. The van der Waals surface area contributed by atoms with E-state index in [1.165, 1.54) is 4.90 Å². The van der Waals surface area contributed by atoms with Crippen LogP contribution in [0.4, 0.5) is 10.5 Å².